The van der Waals surface area contributed by atoms with Crippen LogP contribution in [0.1, 0.15) is 34.1 Å². The van der Waals surface area contributed by atoms with Gasteiger partial charge in [-0.15, -0.1) is 0 Å². The molecule has 13 heavy (non-hydrogen) atoms. The highest BCUT2D eigenvalue weighted by molar-refractivity contribution is 6.01. The van der Waals surface area contributed by atoms with Gasteiger partial charge < -0.3 is 5.73 Å². The Morgan fingerprint density at radius 3 is 2.46 bits per heavy atom. The standard InChI is InChI=1S/C10H18N2O/c1-5-7(2)6-8(3)10(13)12-9(4)11/h6-7H,5H2,1-4H3,(H2,11,12,13). The summed E-state index contributed by atoms with van der Waals surface area (Å²) in [6.45, 7) is 7.52. The minimum atomic E-state index is -0.236. The van der Waals surface area contributed by atoms with Crippen LogP contribution in [0.5, 0.6) is 0 Å². The summed E-state index contributed by atoms with van der Waals surface area (Å²) in [5.41, 5.74) is 5.96. The van der Waals surface area contributed by atoms with Crippen molar-refractivity contribution < 1.29 is 4.79 Å². The highest BCUT2D eigenvalue weighted by Crippen LogP contribution is 2.07. The fourth-order valence-corrected chi connectivity index (χ4v) is 0.864. The van der Waals surface area contributed by atoms with E-state index in [1.54, 1.807) is 13.8 Å². The molecule has 0 aromatic carbocycles. The summed E-state index contributed by atoms with van der Waals surface area (Å²) in [7, 11) is 0. The average molecular weight is 182 g/mol. The Bertz CT molecular complexity index is 237. The normalized spacial score (nSPS) is 15.7. The maximum absolute atomic E-state index is 11.3. The molecular weight excluding hydrogens is 164 g/mol. The molecule has 0 fully saturated rings. The van der Waals surface area contributed by atoms with E-state index in [1.165, 1.54) is 0 Å². The quantitative estimate of drug-likeness (QED) is 0.411. The molecule has 2 N–H and O–H groups in total. The molecule has 0 bridgehead atoms. The van der Waals surface area contributed by atoms with E-state index in [-0.39, 0.29) is 5.91 Å². The van der Waals surface area contributed by atoms with Gasteiger partial charge in [-0.1, -0.05) is 26.3 Å². The molecule has 0 aliphatic carbocycles. The number of carbonyl (C=O) groups excluding carboxylic acids is 1. The number of nitrogens with two attached hydrogens (primary N) is 1. The van der Waals surface area contributed by atoms with Gasteiger partial charge in [0.1, 0.15) is 5.84 Å². The molecule has 1 unspecified atom stereocenters. The fourth-order valence-electron chi connectivity index (χ4n) is 0.864. The Labute approximate surface area is 79.7 Å². The molecule has 0 heterocycles. The second-order valence-corrected chi connectivity index (χ2v) is 3.29. The van der Waals surface area contributed by atoms with Gasteiger partial charge in [-0.3, -0.25) is 4.79 Å². The van der Waals surface area contributed by atoms with Crippen molar-refractivity contribution in [1.29, 1.82) is 0 Å². The second-order valence-electron chi connectivity index (χ2n) is 3.29. The van der Waals surface area contributed by atoms with Crippen molar-refractivity contribution in [2.75, 3.05) is 0 Å². The Kier molecular flexibility index (Phi) is 5.04. The third kappa shape index (κ3) is 5.17. The second kappa shape index (κ2) is 5.51. The zero-order chi connectivity index (χ0) is 10.4. The van der Waals surface area contributed by atoms with E-state index in [9.17, 15) is 4.79 Å². The first-order valence-corrected chi connectivity index (χ1v) is 4.50. The molecular formula is C10H18N2O. The van der Waals surface area contributed by atoms with Crippen LogP contribution in [0.4, 0.5) is 0 Å². The summed E-state index contributed by atoms with van der Waals surface area (Å²) < 4.78 is 0. The number of nitrogens with zero attached hydrogens (tertiary/aromatic N) is 1. The van der Waals surface area contributed by atoms with E-state index in [0.29, 0.717) is 17.3 Å². The Morgan fingerprint density at radius 1 is 1.54 bits per heavy atom. The predicted molar refractivity (Wildman–Crippen MR) is 55.5 cm³/mol. The van der Waals surface area contributed by atoms with Crippen molar-refractivity contribution in [1.82, 2.24) is 0 Å². The lowest BCUT2D eigenvalue weighted by molar-refractivity contribution is -0.114. The van der Waals surface area contributed by atoms with Crippen LogP contribution >= 0.6 is 0 Å². The van der Waals surface area contributed by atoms with Gasteiger partial charge >= 0.3 is 0 Å². The number of carbonyl (C=O) groups is 1. The zero-order valence-corrected chi connectivity index (χ0v) is 8.79. The molecule has 0 aromatic rings. The number of rotatable bonds is 3. The van der Waals surface area contributed by atoms with Gasteiger partial charge in [0.2, 0.25) is 0 Å². The SMILES string of the molecule is CCC(C)C=C(C)C(=O)N=C(C)N. The number of amidine groups is 1. The van der Waals surface area contributed by atoms with E-state index in [4.69, 9.17) is 5.73 Å². The molecule has 0 spiro atoms. The Balaban J connectivity index is 4.42. The minimum Gasteiger partial charge on any atom is -0.387 e. The molecule has 1 atom stereocenters. The lowest BCUT2D eigenvalue weighted by atomic mass is 10.1. The lowest BCUT2D eigenvalue weighted by Gasteiger charge is -2.02. The van der Waals surface area contributed by atoms with Gasteiger partial charge in [0.15, 0.2) is 0 Å². The zero-order valence-electron chi connectivity index (χ0n) is 8.79. The molecule has 74 valence electrons. The fraction of sp³-hybridized carbons (Fsp3) is 0.600. The third-order valence-corrected chi connectivity index (χ3v) is 1.79. The van der Waals surface area contributed by atoms with E-state index in [1.807, 2.05) is 6.08 Å². The van der Waals surface area contributed by atoms with Gasteiger partial charge in [0.25, 0.3) is 5.91 Å². The molecule has 1 amide bonds. The monoisotopic (exact) mass is 182 g/mol. The summed E-state index contributed by atoms with van der Waals surface area (Å²) in [6.07, 6.45) is 2.95. The van der Waals surface area contributed by atoms with Gasteiger partial charge in [0, 0.05) is 5.57 Å². The molecule has 0 aliphatic heterocycles. The van der Waals surface area contributed by atoms with Crippen LogP contribution in [-0.4, -0.2) is 11.7 Å². The maximum atomic E-state index is 11.3. The number of aliphatic imine (C=N–C) groups is 1. The van der Waals surface area contributed by atoms with Crippen molar-refractivity contribution in [3.63, 3.8) is 0 Å². The van der Waals surface area contributed by atoms with E-state index in [0.717, 1.165) is 6.42 Å². The van der Waals surface area contributed by atoms with E-state index in [2.05, 4.69) is 18.8 Å². The molecule has 0 saturated heterocycles. The van der Waals surface area contributed by atoms with Crippen LogP contribution in [0.25, 0.3) is 0 Å². The first-order chi connectivity index (χ1) is 5.97. The average Bonchev–Trinajstić information content (AvgIpc) is 2.02. The molecule has 3 heteroatoms. The van der Waals surface area contributed by atoms with Crippen LogP contribution in [0.2, 0.25) is 0 Å². The van der Waals surface area contributed by atoms with E-state index >= 15 is 0 Å². The van der Waals surface area contributed by atoms with Gasteiger partial charge in [-0.25, -0.2) is 0 Å². The molecule has 3 nitrogen and oxygen atoms in total. The largest absolute Gasteiger partial charge is 0.387 e. The van der Waals surface area contributed by atoms with Crippen molar-refractivity contribution in [3.05, 3.63) is 11.6 Å². The van der Waals surface area contributed by atoms with Crippen molar-refractivity contribution in [2.24, 2.45) is 16.6 Å². The molecule has 0 saturated carbocycles. The van der Waals surface area contributed by atoms with Gasteiger partial charge in [-0.05, 0) is 19.8 Å². The van der Waals surface area contributed by atoms with Crippen molar-refractivity contribution in [2.45, 2.75) is 34.1 Å². The van der Waals surface area contributed by atoms with Crippen LogP contribution in [0.3, 0.4) is 0 Å². The van der Waals surface area contributed by atoms with E-state index < -0.39 is 0 Å². The first-order valence-electron chi connectivity index (χ1n) is 4.50. The third-order valence-electron chi connectivity index (χ3n) is 1.79. The summed E-state index contributed by atoms with van der Waals surface area (Å²) >= 11 is 0. The lowest BCUT2D eigenvalue weighted by Crippen LogP contribution is -2.10. The smallest absolute Gasteiger partial charge is 0.273 e. The van der Waals surface area contributed by atoms with Crippen molar-refractivity contribution in [3.8, 4) is 0 Å². The number of allylic oxidation sites excluding steroid dienone is 1. The molecule has 0 rings (SSSR count). The summed E-state index contributed by atoms with van der Waals surface area (Å²) in [5, 5.41) is 0. The van der Waals surface area contributed by atoms with Gasteiger partial charge in [-0.2, -0.15) is 4.99 Å². The topological polar surface area (TPSA) is 55.5 Å². The predicted octanol–water partition coefficient (Wildman–Crippen LogP) is 1.88. The van der Waals surface area contributed by atoms with Crippen LogP contribution in [-0.2, 0) is 4.79 Å². The minimum absolute atomic E-state index is 0.236. The first kappa shape index (κ1) is 11.9. The van der Waals surface area contributed by atoms with Crippen LogP contribution < -0.4 is 5.73 Å². The molecule has 0 radical (unpaired) electrons. The maximum Gasteiger partial charge on any atom is 0.273 e. The Hall–Kier alpha value is -1.12. The molecule has 0 aliphatic rings. The highest BCUT2D eigenvalue weighted by Gasteiger charge is 2.03. The molecule has 0 aromatic heterocycles. The number of hydrogen-bond acceptors (Lipinski definition) is 1. The van der Waals surface area contributed by atoms with Gasteiger partial charge in [0.05, 0.1) is 0 Å². The van der Waals surface area contributed by atoms with Crippen molar-refractivity contribution >= 4 is 11.7 Å². The van der Waals surface area contributed by atoms with Crippen LogP contribution in [0, 0.1) is 5.92 Å². The summed E-state index contributed by atoms with van der Waals surface area (Å²) in [5.74, 6) is 0.486. The number of amides is 1. The summed E-state index contributed by atoms with van der Waals surface area (Å²) in [4.78, 5) is 14.9. The highest BCUT2D eigenvalue weighted by atomic mass is 16.1. The number of hydrogen-bond donors (Lipinski definition) is 1. The van der Waals surface area contributed by atoms with Crippen LogP contribution in [0.15, 0.2) is 16.6 Å². The summed E-state index contributed by atoms with van der Waals surface area (Å²) in [6, 6.07) is 0. The Morgan fingerprint density at radius 2 is 2.08 bits per heavy atom.